The molecule has 0 saturated heterocycles. The van der Waals surface area contributed by atoms with Crippen LogP contribution in [-0.2, 0) is 6.42 Å². The van der Waals surface area contributed by atoms with Gasteiger partial charge in [0.2, 0.25) is 0 Å². The average molecular weight is 1340 g/mol. The number of nitrogens with zero attached hydrogens (tertiary/aromatic N) is 2. The molecule has 0 aliphatic carbocycles. The number of benzene rings is 17. The lowest BCUT2D eigenvalue weighted by Gasteiger charge is -2.29. The van der Waals surface area contributed by atoms with Gasteiger partial charge in [0.1, 0.15) is 33.5 Å². The lowest BCUT2D eigenvalue weighted by atomic mass is 9.91. The Morgan fingerprint density at radius 1 is 0.223 bits per heavy atom. The number of fused-ring (bicyclic) bond motifs is 9. The van der Waals surface area contributed by atoms with Gasteiger partial charge < -0.3 is 23.1 Å². The van der Waals surface area contributed by atoms with E-state index in [0.717, 1.165) is 105 Å². The first kappa shape index (κ1) is 55.6. The number of hydrogen-bond donors (Lipinski definition) is 0. The minimum absolute atomic E-state index is 0.883. The van der Waals surface area contributed by atoms with E-state index < -0.39 is 0 Å². The smallest absolute Gasteiger partial charge is 0.135 e. The number of hydrogen-bond acceptors (Lipinski definition) is 5. The molecular weight excluding hydrogens is 1280 g/mol. The molecular formula is C87H54Br2N2O3. The van der Waals surface area contributed by atoms with Gasteiger partial charge in [-0.2, -0.15) is 0 Å². The summed E-state index contributed by atoms with van der Waals surface area (Å²) in [5, 5.41) is 22.0. The summed E-state index contributed by atoms with van der Waals surface area (Å²) in [6, 6.07) is 112. The van der Waals surface area contributed by atoms with Gasteiger partial charge in [0.15, 0.2) is 0 Å². The lowest BCUT2D eigenvalue weighted by molar-refractivity contribution is 0.668. The second kappa shape index (κ2) is 22.9. The molecule has 0 aliphatic rings. The molecule has 444 valence electrons. The molecule has 94 heavy (non-hydrogen) atoms. The van der Waals surface area contributed by atoms with Crippen molar-refractivity contribution in [3.05, 3.63) is 336 Å². The number of para-hydroxylation sites is 5. The van der Waals surface area contributed by atoms with Crippen LogP contribution >= 0.6 is 31.9 Å². The number of rotatable bonds is 8. The van der Waals surface area contributed by atoms with Crippen LogP contribution in [0.3, 0.4) is 0 Å². The first-order chi connectivity index (χ1) is 46.4. The quantitative estimate of drug-likeness (QED) is 0.142. The van der Waals surface area contributed by atoms with Crippen LogP contribution in [0.1, 0.15) is 11.1 Å². The molecule has 17 aromatic carbocycles. The maximum Gasteiger partial charge on any atom is 0.135 e. The summed E-state index contributed by atoms with van der Waals surface area (Å²) >= 11 is 7.30. The number of furan rings is 3. The monoisotopic (exact) mass is 1330 g/mol. The summed E-state index contributed by atoms with van der Waals surface area (Å²) in [6.07, 6.45) is 0.955. The normalized spacial score (nSPS) is 11.8. The van der Waals surface area contributed by atoms with Crippen LogP contribution in [0.25, 0.3) is 130 Å². The highest BCUT2D eigenvalue weighted by molar-refractivity contribution is 9.11. The summed E-state index contributed by atoms with van der Waals surface area (Å²) in [5.74, 6) is 0. The molecule has 3 heterocycles. The van der Waals surface area contributed by atoms with E-state index in [-0.39, 0.29) is 0 Å². The molecule has 5 nitrogen and oxygen atoms in total. The Morgan fingerprint density at radius 2 is 0.553 bits per heavy atom. The SMILES string of the molecule is Brc1ccc2ccc3c(Br)ccc4ccc1c2c43.c1ccc(Cc2ccc3oc4ccccc4c3c2)cc1.c1ccc(N(c2ccc3oc4ccccc4c3c2)c2ccc3ccc4c(N(c5ccccc5)c5ccc6oc7ccccc7c6c5)ccc5ccc2c3c54)cc1. The van der Waals surface area contributed by atoms with Crippen LogP contribution in [0.2, 0.25) is 0 Å². The zero-order chi connectivity index (χ0) is 62.4. The zero-order valence-corrected chi connectivity index (χ0v) is 53.8. The first-order valence-corrected chi connectivity index (χ1v) is 33.2. The predicted molar refractivity (Wildman–Crippen MR) is 403 cm³/mol. The van der Waals surface area contributed by atoms with Crippen molar-refractivity contribution < 1.29 is 13.3 Å². The van der Waals surface area contributed by atoms with Crippen molar-refractivity contribution >= 4 is 196 Å². The molecule has 0 saturated carbocycles. The van der Waals surface area contributed by atoms with Crippen LogP contribution in [0.4, 0.5) is 34.1 Å². The van der Waals surface area contributed by atoms with Crippen molar-refractivity contribution in [3.8, 4) is 0 Å². The predicted octanol–water partition coefficient (Wildman–Crippen LogP) is 26.6. The van der Waals surface area contributed by atoms with E-state index in [2.05, 4.69) is 321 Å². The molecule has 0 atom stereocenters. The second-order valence-corrected chi connectivity index (χ2v) is 25.8. The molecule has 0 radical (unpaired) electrons. The second-order valence-electron chi connectivity index (χ2n) is 24.1. The third-order valence-corrected chi connectivity index (χ3v) is 20.0. The molecule has 3 aromatic heterocycles. The Hall–Kier alpha value is -11.2. The van der Waals surface area contributed by atoms with Crippen LogP contribution in [0.15, 0.2) is 338 Å². The summed E-state index contributed by atoms with van der Waals surface area (Å²) in [7, 11) is 0. The molecule has 20 rings (SSSR count). The molecule has 0 bridgehead atoms. The fourth-order valence-corrected chi connectivity index (χ4v) is 15.2. The van der Waals surface area contributed by atoms with Crippen molar-refractivity contribution in [1.29, 1.82) is 0 Å². The maximum atomic E-state index is 6.25. The number of anilines is 6. The van der Waals surface area contributed by atoms with Crippen molar-refractivity contribution in [1.82, 2.24) is 0 Å². The van der Waals surface area contributed by atoms with Gasteiger partial charge >= 0.3 is 0 Å². The molecule has 0 aliphatic heterocycles. The summed E-state index contributed by atoms with van der Waals surface area (Å²) in [6.45, 7) is 0. The van der Waals surface area contributed by atoms with E-state index in [1.54, 1.807) is 0 Å². The summed E-state index contributed by atoms with van der Waals surface area (Å²) < 4.78 is 20.7. The van der Waals surface area contributed by atoms with Crippen molar-refractivity contribution in [2.45, 2.75) is 6.42 Å². The van der Waals surface area contributed by atoms with Gasteiger partial charge in [0, 0.05) is 74.8 Å². The van der Waals surface area contributed by atoms with Crippen LogP contribution in [-0.4, -0.2) is 0 Å². The first-order valence-electron chi connectivity index (χ1n) is 31.6. The van der Waals surface area contributed by atoms with Crippen LogP contribution < -0.4 is 9.80 Å². The third-order valence-electron chi connectivity index (χ3n) is 18.6. The minimum atomic E-state index is 0.883. The highest BCUT2D eigenvalue weighted by atomic mass is 79.9. The molecule has 0 N–H and O–H groups in total. The van der Waals surface area contributed by atoms with Gasteiger partial charge in [-0.25, -0.2) is 0 Å². The van der Waals surface area contributed by atoms with Crippen LogP contribution in [0, 0.1) is 0 Å². The average Bonchev–Trinajstić information content (AvgIpc) is 1.18. The van der Waals surface area contributed by atoms with Gasteiger partial charge in [0.05, 0.1) is 11.4 Å². The Labute approximate surface area is 557 Å². The van der Waals surface area contributed by atoms with E-state index >= 15 is 0 Å². The molecule has 0 unspecified atom stereocenters. The fraction of sp³-hybridized carbons (Fsp3) is 0.0115. The topological polar surface area (TPSA) is 45.9 Å². The Morgan fingerprint density at radius 3 is 0.989 bits per heavy atom. The Bertz CT molecular complexity index is 5950. The van der Waals surface area contributed by atoms with E-state index in [0.29, 0.717) is 0 Å². The Kier molecular flexibility index (Phi) is 13.5. The largest absolute Gasteiger partial charge is 0.456 e. The van der Waals surface area contributed by atoms with Gasteiger partial charge in [0.25, 0.3) is 0 Å². The molecule has 0 spiro atoms. The van der Waals surface area contributed by atoms with E-state index in [1.165, 1.54) is 86.5 Å². The lowest BCUT2D eigenvalue weighted by Crippen LogP contribution is -2.11. The third kappa shape index (κ3) is 9.49. The van der Waals surface area contributed by atoms with Crippen molar-refractivity contribution in [2.75, 3.05) is 9.80 Å². The zero-order valence-electron chi connectivity index (χ0n) is 50.6. The van der Waals surface area contributed by atoms with Crippen molar-refractivity contribution in [3.63, 3.8) is 0 Å². The van der Waals surface area contributed by atoms with E-state index in [1.807, 2.05) is 36.4 Å². The summed E-state index contributed by atoms with van der Waals surface area (Å²) in [4.78, 5) is 4.77. The summed E-state index contributed by atoms with van der Waals surface area (Å²) in [5.41, 5.74) is 14.7. The highest BCUT2D eigenvalue weighted by Crippen LogP contribution is 2.49. The Balaban J connectivity index is 0.000000137. The molecule has 20 aromatic rings. The van der Waals surface area contributed by atoms with Crippen LogP contribution in [0.5, 0.6) is 0 Å². The van der Waals surface area contributed by atoms with Gasteiger partial charge in [-0.15, -0.1) is 0 Å². The highest BCUT2D eigenvalue weighted by Gasteiger charge is 2.24. The minimum Gasteiger partial charge on any atom is -0.456 e. The van der Waals surface area contributed by atoms with E-state index in [4.69, 9.17) is 13.3 Å². The number of halogens is 2. The van der Waals surface area contributed by atoms with Gasteiger partial charge in [-0.05, 0) is 187 Å². The maximum absolute atomic E-state index is 6.25. The van der Waals surface area contributed by atoms with Gasteiger partial charge in [-0.1, -0.05) is 232 Å². The van der Waals surface area contributed by atoms with Crippen molar-refractivity contribution in [2.24, 2.45) is 0 Å². The fourth-order valence-electron chi connectivity index (χ4n) is 14.3. The molecule has 7 heteroatoms. The molecule has 0 amide bonds. The standard InChI is InChI=1S/C52H32N2O2.C19H14O.C16H8Br2/c1-3-11-35(12-4-1)53(37-23-29-49-43(31-37)39-15-7-9-17-47(39)55-49)45-27-21-33-20-26-42-46(28-22-34-19-25-41(45)51(33)52(34)42)54(36-13-5-2-6-14-36)38-24-30-50-44(32-38)40-16-8-10-18-48(40)56-50;1-2-6-14(7-3-1)12-15-10-11-19-17(13-15)16-8-4-5-9-18(16)20-19;17-13-8-4-10-2-6-12-14(18)7-3-9-1-5-11(13)16(10)15(9)12/h1-32H;1-11,13H,12H2;1-8H. The molecule has 0 fully saturated rings. The van der Waals surface area contributed by atoms with E-state index in [9.17, 15) is 0 Å². The van der Waals surface area contributed by atoms with Gasteiger partial charge in [-0.3, -0.25) is 0 Å².